The highest BCUT2D eigenvalue weighted by molar-refractivity contribution is 4.90. The van der Waals surface area contributed by atoms with E-state index >= 15 is 0 Å². The maximum atomic E-state index is 5.12. The molecule has 0 spiro atoms. The molecule has 15 heavy (non-hydrogen) atoms. The van der Waals surface area contributed by atoms with Gasteiger partial charge in [-0.2, -0.15) is 4.98 Å². The van der Waals surface area contributed by atoms with Gasteiger partial charge in [-0.25, -0.2) is 0 Å². The summed E-state index contributed by atoms with van der Waals surface area (Å²) in [5.41, 5.74) is 0. The molecule has 0 aliphatic carbocycles. The fraction of sp³-hybridized carbons (Fsp3) is 0.818. The Balaban J connectivity index is 2.37. The van der Waals surface area contributed by atoms with Gasteiger partial charge in [-0.15, -0.1) is 0 Å². The minimum Gasteiger partial charge on any atom is -0.339 e. The molecule has 0 fully saturated rings. The number of hydrogen-bond acceptors (Lipinski definition) is 4. The van der Waals surface area contributed by atoms with Crippen molar-refractivity contribution in [3.63, 3.8) is 0 Å². The van der Waals surface area contributed by atoms with Crippen molar-refractivity contribution in [1.82, 2.24) is 15.5 Å². The van der Waals surface area contributed by atoms with Crippen LogP contribution in [0.15, 0.2) is 4.52 Å². The molecule has 4 heteroatoms. The molecule has 1 N–H and O–H groups in total. The lowest BCUT2D eigenvalue weighted by molar-refractivity contribution is 0.358. The van der Waals surface area contributed by atoms with Crippen molar-refractivity contribution >= 4 is 0 Å². The second kappa shape index (κ2) is 5.85. The third kappa shape index (κ3) is 4.00. The first-order valence-corrected chi connectivity index (χ1v) is 5.69. The number of aromatic nitrogens is 2. The normalized spacial score (nSPS) is 13.4. The maximum absolute atomic E-state index is 5.12. The Morgan fingerprint density at radius 3 is 2.60 bits per heavy atom. The van der Waals surface area contributed by atoms with E-state index in [0.29, 0.717) is 18.5 Å². The minimum absolute atomic E-state index is 0.305. The topological polar surface area (TPSA) is 51.0 Å². The van der Waals surface area contributed by atoms with Gasteiger partial charge in [-0.3, -0.25) is 0 Å². The van der Waals surface area contributed by atoms with Gasteiger partial charge in [0.05, 0.1) is 6.54 Å². The van der Waals surface area contributed by atoms with Crippen LogP contribution in [0.2, 0.25) is 0 Å². The van der Waals surface area contributed by atoms with Crippen LogP contribution in [-0.2, 0) is 6.54 Å². The van der Waals surface area contributed by atoms with Crippen molar-refractivity contribution in [3.05, 3.63) is 11.7 Å². The minimum atomic E-state index is 0.305. The lowest BCUT2D eigenvalue weighted by atomic mass is 10.2. The standard InChI is InChI=1S/C11H21N3O/c1-5-6-9(4)12-7-10-13-11(8(2)3)15-14-10/h8-9,12H,5-7H2,1-4H3. The zero-order chi connectivity index (χ0) is 11.3. The van der Waals surface area contributed by atoms with Gasteiger partial charge in [0.2, 0.25) is 5.89 Å². The summed E-state index contributed by atoms with van der Waals surface area (Å²) in [5.74, 6) is 1.77. The van der Waals surface area contributed by atoms with E-state index in [9.17, 15) is 0 Å². The van der Waals surface area contributed by atoms with Crippen molar-refractivity contribution in [2.45, 2.75) is 59.0 Å². The predicted octanol–water partition coefficient (Wildman–Crippen LogP) is 2.47. The van der Waals surface area contributed by atoms with Crippen LogP contribution in [-0.4, -0.2) is 16.2 Å². The van der Waals surface area contributed by atoms with Gasteiger partial charge < -0.3 is 9.84 Å². The first-order valence-electron chi connectivity index (χ1n) is 5.69. The highest BCUT2D eigenvalue weighted by Crippen LogP contribution is 2.10. The van der Waals surface area contributed by atoms with E-state index in [2.05, 4.69) is 29.3 Å². The molecule has 0 amide bonds. The van der Waals surface area contributed by atoms with Crippen molar-refractivity contribution in [1.29, 1.82) is 0 Å². The third-order valence-electron chi connectivity index (χ3n) is 2.31. The molecule has 4 nitrogen and oxygen atoms in total. The molecule has 1 rings (SSSR count). The van der Waals surface area contributed by atoms with Gasteiger partial charge >= 0.3 is 0 Å². The van der Waals surface area contributed by atoms with Gasteiger partial charge in [0.25, 0.3) is 0 Å². The maximum Gasteiger partial charge on any atom is 0.229 e. The van der Waals surface area contributed by atoms with Gasteiger partial charge in [-0.1, -0.05) is 32.3 Å². The Kier molecular flexibility index (Phi) is 4.75. The smallest absolute Gasteiger partial charge is 0.229 e. The lowest BCUT2D eigenvalue weighted by Gasteiger charge is -2.09. The fourth-order valence-electron chi connectivity index (χ4n) is 1.37. The largest absolute Gasteiger partial charge is 0.339 e. The molecule has 1 aromatic heterocycles. The van der Waals surface area contributed by atoms with Crippen LogP contribution in [0.4, 0.5) is 0 Å². The van der Waals surface area contributed by atoms with E-state index in [1.54, 1.807) is 0 Å². The predicted molar refractivity (Wildman–Crippen MR) is 59.6 cm³/mol. The Hall–Kier alpha value is -0.900. The van der Waals surface area contributed by atoms with E-state index in [1.165, 1.54) is 12.8 Å². The van der Waals surface area contributed by atoms with E-state index < -0.39 is 0 Å². The quantitative estimate of drug-likeness (QED) is 0.785. The van der Waals surface area contributed by atoms with Gasteiger partial charge in [0.15, 0.2) is 5.82 Å². The number of nitrogens with zero attached hydrogens (tertiary/aromatic N) is 2. The molecular weight excluding hydrogens is 190 g/mol. The SMILES string of the molecule is CCCC(C)NCc1noc(C(C)C)n1. The molecule has 1 heterocycles. The number of hydrogen-bond donors (Lipinski definition) is 1. The van der Waals surface area contributed by atoms with E-state index in [0.717, 1.165) is 11.7 Å². The highest BCUT2D eigenvalue weighted by atomic mass is 16.5. The van der Waals surface area contributed by atoms with Crippen LogP contribution in [0.3, 0.4) is 0 Å². The summed E-state index contributed by atoms with van der Waals surface area (Å²) in [4.78, 5) is 4.30. The zero-order valence-electron chi connectivity index (χ0n) is 10.1. The number of rotatable bonds is 6. The molecule has 0 aliphatic heterocycles. The van der Waals surface area contributed by atoms with Crippen LogP contribution in [0.1, 0.15) is 58.2 Å². The van der Waals surface area contributed by atoms with Crippen LogP contribution >= 0.6 is 0 Å². The summed E-state index contributed by atoms with van der Waals surface area (Å²) in [6.07, 6.45) is 2.37. The number of nitrogens with one attached hydrogen (secondary N) is 1. The lowest BCUT2D eigenvalue weighted by Crippen LogP contribution is -2.25. The second-order valence-electron chi connectivity index (χ2n) is 4.27. The van der Waals surface area contributed by atoms with Crippen LogP contribution in [0.5, 0.6) is 0 Å². The molecular formula is C11H21N3O. The summed E-state index contributed by atoms with van der Waals surface area (Å²) in [6.45, 7) is 9.14. The molecule has 0 aliphatic rings. The van der Waals surface area contributed by atoms with Gasteiger partial charge in [0, 0.05) is 12.0 Å². The molecule has 1 atom stereocenters. The Bertz CT molecular complexity index is 283. The van der Waals surface area contributed by atoms with Crippen LogP contribution < -0.4 is 5.32 Å². The Morgan fingerprint density at radius 1 is 1.33 bits per heavy atom. The average molecular weight is 211 g/mol. The van der Waals surface area contributed by atoms with E-state index in [1.807, 2.05) is 13.8 Å². The molecule has 1 unspecified atom stereocenters. The molecule has 0 bridgehead atoms. The molecule has 0 saturated carbocycles. The van der Waals surface area contributed by atoms with E-state index in [-0.39, 0.29) is 0 Å². The van der Waals surface area contributed by atoms with Crippen LogP contribution in [0.25, 0.3) is 0 Å². The first kappa shape index (κ1) is 12.2. The molecule has 0 radical (unpaired) electrons. The Labute approximate surface area is 91.5 Å². The van der Waals surface area contributed by atoms with Crippen molar-refractivity contribution in [3.8, 4) is 0 Å². The summed E-state index contributed by atoms with van der Waals surface area (Å²) >= 11 is 0. The first-order chi connectivity index (χ1) is 7.13. The van der Waals surface area contributed by atoms with E-state index in [4.69, 9.17) is 4.52 Å². The zero-order valence-corrected chi connectivity index (χ0v) is 10.1. The summed E-state index contributed by atoms with van der Waals surface area (Å²) in [5, 5.41) is 7.29. The van der Waals surface area contributed by atoms with Gasteiger partial charge in [0.1, 0.15) is 0 Å². The molecule has 1 aromatic rings. The average Bonchev–Trinajstić information content (AvgIpc) is 2.63. The monoisotopic (exact) mass is 211 g/mol. The second-order valence-corrected chi connectivity index (χ2v) is 4.27. The summed E-state index contributed by atoms with van der Waals surface area (Å²) in [7, 11) is 0. The summed E-state index contributed by atoms with van der Waals surface area (Å²) in [6, 6.07) is 0.510. The Morgan fingerprint density at radius 2 is 2.07 bits per heavy atom. The summed E-state index contributed by atoms with van der Waals surface area (Å²) < 4.78 is 5.12. The van der Waals surface area contributed by atoms with Crippen molar-refractivity contribution < 1.29 is 4.52 Å². The molecule has 0 saturated heterocycles. The van der Waals surface area contributed by atoms with Crippen molar-refractivity contribution in [2.75, 3.05) is 0 Å². The van der Waals surface area contributed by atoms with Crippen molar-refractivity contribution in [2.24, 2.45) is 0 Å². The molecule has 0 aromatic carbocycles. The molecule has 86 valence electrons. The third-order valence-corrected chi connectivity index (χ3v) is 2.31. The van der Waals surface area contributed by atoms with Crippen LogP contribution in [0, 0.1) is 0 Å². The highest BCUT2D eigenvalue weighted by Gasteiger charge is 2.10. The fourth-order valence-corrected chi connectivity index (χ4v) is 1.37. The van der Waals surface area contributed by atoms with Gasteiger partial charge in [-0.05, 0) is 13.3 Å².